The Morgan fingerprint density at radius 2 is 1.90 bits per heavy atom. The van der Waals surface area contributed by atoms with E-state index in [1.807, 2.05) is 24.8 Å². The molecule has 2 atom stereocenters. The Morgan fingerprint density at radius 1 is 1.13 bits per heavy atom. The molecule has 2 aliphatic heterocycles. The van der Waals surface area contributed by atoms with Gasteiger partial charge in [-0.05, 0) is 44.4 Å². The summed E-state index contributed by atoms with van der Waals surface area (Å²) >= 11 is 0. The summed E-state index contributed by atoms with van der Waals surface area (Å²) in [5.74, 6) is 0.649. The smallest absolute Gasteiger partial charge is 0.272 e. The molecule has 6 heteroatoms. The van der Waals surface area contributed by atoms with Crippen molar-refractivity contribution in [2.45, 2.75) is 57.3 Å². The Hall–Kier alpha value is -2.44. The van der Waals surface area contributed by atoms with Gasteiger partial charge in [-0.3, -0.25) is 4.79 Å². The average molecular weight is 425 g/mol. The summed E-state index contributed by atoms with van der Waals surface area (Å²) in [5, 5.41) is 0. The monoisotopic (exact) mass is 424 g/mol. The lowest BCUT2D eigenvalue weighted by Gasteiger charge is -2.48. The predicted octanol–water partition coefficient (Wildman–Crippen LogP) is 4.41. The highest BCUT2D eigenvalue weighted by molar-refractivity contribution is 5.92. The number of benzene rings is 1. The molecule has 3 heterocycles. The first kappa shape index (κ1) is 21.8. The van der Waals surface area contributed by atoms with E-state index in [-0.39, 0.29) is 23.7 Å². The van der Waals surface area contributed by atoms with Crippen molar-refractivity contribution in [2.75, 3.05) is 26.3 Å². The summed E-state index contributed by atoms with van der Waals surface area (Å²) in [4.78, 5) is 19.1. The summed E-state index contributed by atoms with van der Waals surface area (Å²) in [7, 11) is 0. The largest absolute Gasteiger partial charge is 0.492 e. The second kappa shape index (κ2) is 9.79. The third-order valence-corrected chi connectivity index (χ3v) is 6.27. The van der Waals surface area contributed by atoms with Crippen molar-refractivity contribution in [1.82, 2.24) is 9.88 Å². The molecule has 2 saturated heterocycles. The molecule has 1 amide bonds. The molecule has 166 valence electrons. The lowest BCUT2D eigenvalue weighted by Crippen LogP contribution is -2.52. The number of hydrogen-bond acceptors (Lipinski definition) is 5. The summed E-state index contributed by atoms with van der Waals surface area (Å²) in [6, 6.07) is 13.9. The van der Waals surface area contributed by atoms with Gasteiger partial charge >= 0.3 is 0 Å². The van der Waals surface area contributed by atoms with Crippen LogP contribution in [0.3, 0.4) is 0 Å². The molecule has 0 saturated carbocycles. The minimum atomic E-state index is -0.248. The van der Waals surface area contributed by atoms with Gasteiger partial charge < -0.3 is 19.1 Å². The van der Waals surface area contributed by atoms with Crippen LogP contribution in [0.5, 0.6) is 5.75 Å². The second-order valence-electron chi connectivity index (χ2n) is 8.32. The van der Waals surface area contributed by atoms with Crippen LogP contribution in [-0.4, -0.2) is 53.8 Å². The Bertz CT molecular complexity index is 848. The molecule has 0 bridgehead atoms. The van der Waals surface area contributed by atoms with E-state index in [2.05, 4.69) is 29.2 Å². The Labute approximate surface area is 184 Å². The van der Waals surface area contributed by atoms with Crippen LogP contribution in [0.15, 0.2) is 48.7 Å². The lowest BCUT2D eigenvalue weighted by molar-refractivity contribution is -0.190. The Kier molecular flexibility index (Phi) is 6.88. The number of rotatable bonds is 6. The molecular weight excluding hydrogens is 392 g/mol. The molecule has 1 aromatic carbocycles. The number of piperidine rings is 1. The number of likely N-dealkylation sites (tertiary alicyclic amines) is 1. The topological polar surface area (TPSA) is 60.9 Å². The Morgan fingerprint density at radius 3 is 2.55 bits per heavy atom. The van der Waals surface area contributed by atoms with Crippen molar-refractivity contribution in [3.05, 3.63) is 59.9 Å². The van der Waals surface area contributed by atoms with E-state index < -0.39 is 0 Å². The molecule has 0 N–H and O–H groups in total. The summed E-state index contributed by atoms with van der Waals surface area (Å²) in [6.45, 7) is 6.58. The third-order valence-electron chi connectivity index (χ3n) is 6.27. The molecule has 2 fully saturated rings. The highest BCUT2D eigenvalue weighted by atomic mass is 16.5. The van der Waals surface area contributed by atoms with Crippen molar-refractivity contribution in [3.8, 4) is 5.75 Å². The van der Waals surface area contributed by atoms with Crippen LogP contribution in [-0.2, 0) is 9.47 Å². The summed E-state index contributed by atoms with van der Waals surface area (Å²) in [6.07, 6.45) is 5.20. The van der Waals surface area contributed by atoms with Gasteiger partial charge in [0, 0.05) is 32.5 Å². The van der Waals surface area contributed by atoms with Crippen molar-refractivity contribution >= 4 is 5.91 Å². The second-order valence-corrected chi connectivity index (χ2v) is 8.32. The van der Waals surface area contributed by atoms with Crippen LogP contribution in [0, 0.1) is 0 Å². The first-order chi connectivity index (χ1) is 15.1. The SMILES string of the molecule is CCOc1ccc(C(=O)N2CCC3(CC2)CC(OCC)CC(c2ccccc2)O3)nc1. The zero-order valence-electron chi connectivity index (χ0n) is 18.5. The maximum absolute atomic E-state index is 12.9. The number of aromatic nitrogens is 1. The molecule has 31 heavy (non-hydrogen) atoms. The standard InChI is InChI=1S/C25H32N2O4/c1-3-29-20-10-11-22(26-18-20)24(28)27-14-12-25(13-15-27)17-21(30-4-2)16-23(31-25)19-8-6-5-7-9-19/h5-11,18,21,23H,3-4,12-17H2,1-2H3. The van der Waals surface area contributed by atoms with E-state index in [1.165, 1.54) is 5.56 Å². The zero-order valence-corrected chi connectivity index (χ0v) is 18.5. The third kappa shape index (κ3) is 5.08. The van der Waals surface area contributed by atoms with Gasteiger partial charge in [-0.1, -0.05) is 30.3 Å². The fourth-order valence-corrected chi connectivity index (χ4v) is 4.73. The molecule has 2 aliphatic rings. The van der Waals surface area contributed by atoms with E-state index in [0.717, 1.165) is 25.7 Å². The van der Waals surface area contributed by atoms with E-state index in [4.69, 9.17) is 14.2 Å². The fraction of sp³-hybridized carbons (Fsp3) is 0.520. The first-order valence-corrected chi connectivity index (χ1v) is 11.3. The van der Waals surface area contributed by atoms with Crippen LogP contribution in [0.4, 0.5) is 0 Å². The number of pyridine rings is 1. The molecule has 2 aromatic rings. The minimum Gasteiger partial charge on any atom is -0.492 e. The number of carbonyl (C=O) groups is 1. The van der Waals surface area contributed by atoms with E-state index in [0.29, 0.717) is 37.7 Å². The van der Waals surface area contributed by atoms with Crippen molar-refractivity contribution in [1.29, 1.82) is 0 Å². The van der Waals surface area contributed by atoms with Crippen LogP contribution in [0.1, 0.15) is 61.7 Å². The van der Waals surface area contributed by atoms with Gasteiger partial charge in [-0.25, -0.2) is 4.98 Å². The molecule has 0 radical (unpaired) electrons. The van der Waals surface area contributed by atoms with Gasteiger partial charge in [0.2, 0.25) is 0 Å². The van der Waals surface area contributed by atoms with Crippen LogP contribution >= 0.6 is 0 Å². The fourth-order valence-electron chi connectivity index (χ4n) is 4.73. The van der Waals surface area contributed by atoms with E-state index in [1.54, 1.807) is 18.3 Å². The number of amides is 1. The Balaban J connectivity index is 1.43. The van der Waals surface area contributed by atoms with E-state index >= 15 is 0 Å². The van der Waals surface area contributed by atoms with Crippen molar-refractivity contribution < 1.29 is 19.0 Å². The summed E-state index contributed by atoms with van der Waals surface area (Å²) < 4.78 is 18.2. The van der Waals surface area contributed by atoms with Crippen LogP contribution < -0.4 is 4.74 Å². The van der Waals surface area contributed by atoms with E-state index in [9.17, 15) is 4.79 Å². The maximum Gasteiger partial charge on any atom is 0.272 e. The lowest BCUT2D eigenvalue weighted by atomic mass is 9.80. The zero-order chi connectivity index (χ0) is 21.7. The maximum atomic E-state index is 12.9. The van der Waals surface area contributed by atoms with Gasteiger partial charge in [-0.2, -0.15) is 0 Å². The molecule has 6 nitrogen and oxygen atoms in total. The number of hydrogen-bond donors (Lipinski definition) is 0. The average Bonchev–Trinajstić information content (AvgIpc) is 2.80. The van der Waals surface area contributed by atoms with Gasteiger partial charge in [0.25, 0.3) is 5.91 Å². The van der Waals surface area contributed by atoms with Gasteiger partial charge in [0.15, 0.2) is 0 Å². The first-order valence-electron chi connectivity index (χ1n) is 11.3. The normalized spacial score (nSPS) is 23.0. The van der Waals surface area contributed by atoms with Gasteiger partial charge in [0.1, 0.15) is 11.4 Å². The number of ether oxygens (including phenoxy) is 3. The number of nitrogens with zero attached hydrogens (tertiary/aromatic N) is 2. The molecule has 2 unspecified atom stereocenters. The molecule has 4 rings (SSSR count). The molecule has 0 aliphatic carbocycles. The molecule has 1 spiro atoms. The quantitative estimate of drug-likeness (QED) is 0.687. The highest BCUT2D eigenvalue weighted by Crippen LogP contribution is 2.44. The molecular formula is C25H32N2O4. The van der Waals surface area contributed by atoms with Gasteiger partial charge in [-0.15, -0.1) is 0 Å². The van der Waals surface area contributed by atoms with Crippen LogP contribution in [0.25, 0.3) is 0 Å². The summed E-state index contributed by atoms with van der Waals surface area (Å²) in [5.41, 5.74) is 1.41. The van der Waals surface area contributed by atoms with Crippen LogP contribution in [0.2, 0.25) is 0 Å². The van der Waals surface area contributed by atoms with Crippen molar-refractivity contribution in [3.63, 3.8) is 0 Å². The highest BCUT2D eigenvalue weighted by Gasteiger charge is 2.45. The number of carbonyl (C=O) groups excluding carboxylic acids is 1. The predicted molar refractivity (Wildman–Crippen MR) is 118 cm³/mol. The molecule has 1 aromatic heterocycles. The minimum absolute atomic E-state index is 0.0292. The van der Waals surface area contributed by atoms with Gasteiger partial charge in [0.05, 0.1) is 30.6 Å². The van der Waals surface area contributed by atoms with Crippen molar-refractivity contribution in [2.24, 2.45) is 0 Å².